The van der Waals surface area contributed by atoms with E-state index in [2.05, 4.69) is 5.32 Å². The molecule has 1 aromatic carbocycles. The van der Waals surface area contributed by atoms with E-state index in [1.807, 2.05) is 49.1 Å². The molecule has 7 nitrogen and oxygen atoms in total. The predicted octanol–water partition coefficient (Wildman–Crippen LogP) is 4.31. The first-order valence-corrected chi connectivity index (χ1v) is 9.64. The van der Waals surface area contributed by atoms with E-state index in [0.717, 1.165) is 11.5 Å². The summed E-state index contributed by atoms with van der Waals surface area (Å²) in [5, 5.41) is 2.94. The van der Waals surface area contributed by atoms with Crippen molar-refractivity contribution in [2.45, 2.75) is 26.9 Å². The Morgan fingerprint density at radius 3 is 2.17 bits per heavy atom. The zero-order chi connectivity index (χ0) is 20.5. The van der Waals surface area contributed by atoms with Gasteiger partial charge in [0.1, 0.15) is 23.0 Å². The highest BCUT2D eigenvalue weighted by Crippen LogP contribution is 2.29. The molecule has 2 heterocycles. The van der Waals surface area contributed by atoms with Crippen LogP contribution in [0.2, 0.25) is 0 Å². The Morgan fingerprint density at radius 1 is 0.966 bits per heavy atom. The third-order valence-corrected chi connectivity index (χ3v) is 4.12. The number of nitrogens with zero attached hydrogens (tertiary/aromatic N) is 1. The molecule has 7 heteroatoms. The Hall–Kier alpha value is -3.19. The molecular formula is C22H26N2O5. The minimum atomic E-state index is -0.169. The highest BCUT2D eigenvalue weighted by molar-refractivity contribution is 5.94. The minimum absolute atomic E-state index is 0.159. The normalized spacial score (nSPS) is 10.9. The number of anilines is 1. The topological polar surface area (TPSA) is 77.1 Å². The molecule has 0 saturated heterocycles. The molecule has 154 valence electrons. The van der Waals surface area contributed by atoms with E-state index in [1.165, 1.54) is 0 Å². The van der Waals surface area contributed by atoms with Gasteiger partial charge in [-0.25, -0.2) is 0 Å². The van der Waals surface area contributed by atoms with Gasteiger partial charge in [-0.3, -0.25) is 9.69 Å². The molecule has 29 heavy (non-hydrogen) atoms. The van der Waals surface area contributed by atoms with Crippen LogP contribution in [0.25, 0.3) is 0 Å². The Labute approximate surface area is 170 Å². The van der Waals surface area contributed by atoms with Gasteiger partial charge >= 0.3 is 0 Å². The van der Waals surface area contributed by atoms with E-state index < -0.39 is 0 Å². The lowest BCUT2D eigenvalue weighted by atomic mass is 10.2. The standard InChI is InChI=1S/C22H26N2O5/c1-3-26-17-9-10-21(27-4-2)20(13-17)23-22(25)16-24(14-18-7-5-11-28-18)15-19-8-6-12-29-19/h5-13H,3-4,14-16H2,1-2H3,(H,23,25). The number of nitrogens with one attached hydrogen (secondary N) is 1. The van der Waals surface area contributed by atoms with Gasteiger partial charge in [0.15, 0.2) is 0 Å². The Morgan fingerprint density at radius 2 is 1.62 bits per heavy atom. The number of amides is 1. The fraction of sp³-hybridized carbons (Fsp3) is 0.318. The maximum absolute atomic E-state index is 12.8. The first-order valence-electron chi connectivity index (χ1n) is 9.64. The molecular weight excluding hydrogens is 372 g/mol. The summed E-state index contributed by atoms with van der Waals surface area (Å²) in [5.41, 5.74) is 0.582. The van der Waals surface area contributed by atoms with Crippen LogP contribution in [0.5, 0.6) is 11.5 Å². The smallest absolute Gasteiger partial charge is 0.238 e. The first-order chi connectivity index (χ1) is 14.2. The molecule has 3 aromatic rings. The van der Waals surface area contributed by atoms with Gasteiger partial charge in [0.25, 0.3) is 0 Å². The number of ether oxygens (including phenoxy) is 2. The van der Waals surface area contributed by atoms with E-state index in [4.69, 9.17) is 18.3 Å². The van der Waals surface area contributed by atoms with Crippen molar-refractivity contribution < 1.29 is 23.1 Å². The van der Waals surface area contributed by atoms with Crippen LogP contribution < -0.4 is 14.8 Å². The maximum Gasteiger partial charge on any atom is 0.238 e. The number of furan rings is 2. The molecule has 0 aliphatic carbocycles. The molecule has 0 bridgehead atoms. The van der Waals surface area contributed by atoms with E-state index in [-0.39, 0.29) is 12.5 Å². The number of rotatable bonds is 11. The summed E-state index contributed by atoms with van der Waals surface area (Å²) >= 11 is 0. The lowest BCUT2D eigenvalue weighted by molar-refractivity contribution is -0.117. The van der Waals surface area contributed by atoms with Crippen LogP contribution in [-0.2, 0) is 17.9 Å². The predicted molar refractivity (Wildman–Crippen MR) is 109 cm³/mol. The zero-order valence-corrected chi connectivity index (χ0v) is 16.7. The average molecular weight is 398 g/mol. The van der Waals surface area contributed by atoms with Crippen molar-refractivity contribution in [3.05, 3.63) is 66.5 Å². The molecule has 1 amide bonds. The van der Waals surface area contributed by atoms with Gasteiger partial charge in [0, 0.05) is 6.07 Å². The van der Waals surface area contributed by atoms with Crippen LogP contribution in [0.15, 0.2) is 63.8 Å². The quantitative estimate of drug-likeness (QED) is 0.519. The fourth-order valence-electron chi connectivity index (χ4n) is 2.95. The Bertz CT molecular complexity index is 839. The van der Waals surface area contributed by atoms with E-state index in [1.54, 1.807) is 24.7 Å². The van der Waals surface area contributed by atoms with Crippen LogP contribution in [0.3, 0.4) is 0 Å². The average Bonchev–Trinajstić information content (AvgIpc) is 3.38. The summed E-state index contributed by atoms with van der Waals surface area (Å²) in [6.07, 6.45) is 3.24. The third kappa shape index (κ3) is 6.15. The van der Waals surface area contributed by atoms with Crippen molar-refractivity contribution in [2.24, 2.45) is 0 Å². The molecule has 0 saturated carbocycles. The SMILES string of the molecule is CCOc1ccc(OCC)c(NC(=O)CN(Cc2ccco2)Cc2ccco2)c1. The Kier molecular flexibility index (Phi) is 7.35. The molecule has 0 atom stereocenters. The highest BCUT2D eigenvalue weighted by atomic mass is 16.5. The van der Waals surface area contributed by atoms with Crippen LogP contribution >= 0.6 is 0 Å². The van der Waals surface area contributed by atoms with Crippen LogP contribution in [0.1, 0.15) is 25.4 Å². The molecule has 0 fully saturated rings. The minimum Gasteiger partial charge on any atom is -0.494 e. The summed E-state index contributed by atoms with van der Waals surface area (Å²) in [6, 6.07) is 12.8. The molecule has 0 aliphatic heterocycles. The fourth-order valence-corrected chi connectivity index (χ4v) is 2.95. The number of hydrogen-bond donors (Lipinski definition) is 1. The summed E-state index contributed by atoms with van der Waals surface area (Å²) < 4.78 is 22.0. The largest absolute Gasteiger partial charge is 0.494 e. The summed E-state index contributed by atoms with van der Waals surface area (Å²) in [4.78, 5) is 14.7. The molecule has 0 spiro atoms. The number of hydrogen-bond acceptors (Lipinski definition) is 6. The maximum atomic E-state index is 12.8. The second kappa shape index (κ2) is 10.4. The van der Waals surface area contributed by atoms with Gasteiger partial charge in [-0.05, 0) is 50.2 Å². The van der Waals surface area contributed by atoms with Gasteiger partial charge < -0.3 is 23.6 Å². The van der Waals surface area contributed by atoms with Gasteiger partial charge in [0.2, 0.25) is 5.91 Å². The van der Waals surface area contributed by atoms with E-state index in [0.29, 0.717) is 43.5 Å². The van der Waals surface area contributed by atoms with Crippen LogP contribution in [0.4, 0.5) is 5.69 Å². The molecule has 0 unspecified atom stereocenters. The van der Waals surface area contributed by atoms with Gasteiger partial charge in [-0.2, -0.15) is 0 Å². The lowest BCUT2D eigenvalue weighted by Gasteiger charge is -2.20. The second-order valence-electron chi connectivity index (χ2n) is 6.38. The van der Waals surface area contributed by atoms with Gasteiger partial charge in [-0.1, -0.05) is 0 Å². The monoisotopic (exact) mass is 398 g/mol. The molecule has 0 radical (unpaired) electrons. The lowest BCUT2D eigenvalue weighted by Crippen LogP contribution is -2.32. The number of benzene rings is 1. The van der Waals surface area contributed by atoms with Crippen molar-refractivity contribution in [3.63, 3.8) is 0 Å². The van der Waals surface area contributed by atoms with Crippen molar-refractivity contribution in [1.29, 1.82) is 0 Å². The molecule has 2 aromatic heterocycles. The highest BCUT2D eigenvalue weighted by Gasteiger charge is 2.16. The van der Waals surface area contributed by atoms with Crippen molar-refractivity contribution in [2.75, 3.05) is 25.1 Å². The van der Waals surface area contributed by atoms with Gasteiger partial charge in [0.05, 0.1) is 51.1 Å². The van der Waals surface area contributed by atoms with Gasteiger partial charge in [-0.15, -0.1) is 0 Å². The zero-order valence-electron chi connectivity index (χ0n) is 16.7. The summed E-state index contributed by atoms with van der Waals surface area (Å²) in [7, 11) is 0. The second-order valence-corrected chi connectivity index (χ2v) is 6.38. The van der Waals surface area contributed by atoms with Crippen molar-refractivity contribution in [1.82, 2.24) is 4.90 Å². The van der Waals surface area contributed by atoms with Crippen LogP contribution in [-0.4, -0.2) is 30.6 Å². The Balaban J connectivity index is 1.71. The van der Waals surface area contributed by atoms with Crippen molar-refractivity contribution in [3.8, 4) is 11.5 Å². The van der Waals surface area contributed by atoms with Crippen LogP contribution in [0, 0.1) is 0 Å². The summed E-state index contributed by atoms with van der Waals surface area (Å²) in [6.45, 7) is 5.98. The molecule has 3 rings (SSSR count). The molecule has 1 N–H and O–H groups in total. The van der Waals surface area contributed by atoms with E-state index in [9.17, 15) is 4.79 Å². The summed E-state index contributed by atoms with van der Waals surface area (Å²) in [5.74, 6) is 2.66. The molecule has 0 aliphatic rings. The van der Waals surface area contributed by atoms with E-state index >= 15 is 0 Å². The number of carbonyl (C=O) groups excluding carboxylic acids is 1. The third-order valence-electron chi connectivity index (χ3n) is 4.12. The first kappa shape index (κ1) is 20.5. The van der Waals surface area contributed by atoms with Crippen molar-refractivity contribution >= 4 is 11.6 Å². The number of carbonyl (C=O) groups is 1.